The summed E-state index contributed by atoms with van der Waals surface area (Å²) in [6.07, 6.45) is 2.03. The van der Waals surface area contributed by atoms with Crippen LogP contribution >= 0.6 is 15.9 Å². The molecule has 0 unspecified atom stereocenters. The van der Waals surface area contributed by atoms with Crippen molar-refractivity contribution >= 4 is 33.3 Å². The van der Waals surface area contributed by atoms with Crippen LogP contribution < -0.4 is 10.2 Å². The monoisotopic (exact) mass is 331 g/mol. The maximum absolute atomic E-state index is 8.92. The van der Waals surface area contributed by atoms with Crippen molar-refractivity contribution in [1.82, 2.24) is 9.97 Å². The molecule has 0 amide bonds. The number of hydrogen-bond acceptors (Lipinski definition) is 5. The second kappa shape index (κ2) is 5.88. The van der Waals surface area contributed by atoms with Crippen molar-refractivity contribution in [1.29, 1.82) is 5.26 Å². The summed E-state index contributed by atoms with van der Waals surface area (Å²) < 4.78 is 1.03. The van der Waals surface area contributed by atoms with Crippen LogP contribution in [-0.4, -0.2) is 17.0 Å². The predicted molar refractivity (Wildman–Crippen MR) is 82.9 cm³/mol. The predicted octanol–water partition coefficient (Wildman–Crippen LogP) is 3.52. The zero-order valence-electron chi connectivity index (χ0n) is 11.5. The molecule has 0 aliphatic carbocycles. The van der Waals surface area contributed by atoms with E-state index in [0.29, 0.717) is 17.5 Å². The summed E-state index contributed by atoms with van der Waals surface area (Å²) in [6, 6.07) is 7.71. The number of aryl methyl sites for hydroxylation is 2. The summed E-state index contributed by atoms with van der Waals surface area (Å²) >= 11 is 3.44. The molecule has 0 aliphatic rings. The Kier molecular flexibility index (Phi) is 4.20. The van der Waals surface area contributed by atoms with Crippen molar-refractivity contribution in [3.8, 4) is 6.19 Å². The van der Waals surface area contributed by atoms with Gasteiger partial charge >= 0.3 is 0 Å². The molecule has 1 N–H and O–H groups in total. The van der Waals surface area contributed by atoms with Crippen LogP contribution in [0.3, 0.4) is 0 Å². The van der Waals surface area contributed by atoms with E-state index in [1.807, 2.05) is 31.3 Å². The van der Waals surface area contributed by atoms with Gasteiger partial charge in [0.05, 0.1) is 0 Å². The summed E-state index contributed by atoms with van der Waals surface area (Å²) in [4.78, 5) is 9.96. The van der Waals surface area contributed by atoms with Gasteiger partial charge in [0.1, 0.15) is 17.5 Å². The fourth-order valence-corrected chi connectivity index (χ4v) is 2.22. The molecule has 2 aromatic rings. The highest BCUT2D eigenvalue weighted by Gasteiger charge is 2.07. The lowest BCUT2D eigenvalue weighted by Gasteiger charge is -2.13. The number of aromatic nitrogens is 2. The van der Waals surface area contributed by atoms with Crippen molar-refractivity contribution in [2.24, 2.45) is 0 Å². The zero-order chi connectivity index (χ0) is 14.7. The summed E-state index contributed by atoms with van der Waals surface area (Å²) in [7, 11) is 1.66. The van der Waals surface area contributed by atoms with Crippen LogP contribution in [0.4, 0.5) is 17.3 Å². The average molecular weight is 332 g/mol. The Morgan fingerprint density at radius 3 is 2.65 bits per heavy atom. The van der Waals surface area contributed by atoms with Crippen molar-refractivity contribution in [2.75, 3.05) is 17.3 Å². The first-order chi connectivity index (χ1) is 9.49. The minimum atomic E-state index is 0.567. The van der Waals surface area contributed by atoms with Crippen molar-refractivity contribution in [3.05, 3.63) is 40.1 Å². The van der Waals surface area contributed by atoms with Crippen LogP contribution in [0.15, 0.2) is 28.7 Å². The van der Waals surface area contributed by atoms with E-state index >= 15 is 0 Å². The molecule has 5 nitrogen and oxygen atoms in total. The normalized spacial score (nSPS) is 9.95. The smallest absolute Gasteiger partial charge is 0.185 e. The number of benzene rings is 1. The van der Waals surface area contributed by atoms with Crippen LogP contribution in [0.5, 0.6) is 0 Å². The van der Waals surface area contributed by atoms with Crippen molar-refractivity contribution in [2.45, 2.75) is 13.8 Å². The zero-order valence-corrected chi connectivity index (χ0v) is 13.1. The number of anilines is 3. The van der Waals surface area contributed by atoms with Gasteiger partial charge in [-0.25, -0.2) is 9.97 Å². The van der Waals surface area contributed by atoms with E-state index in [0.717, 1.165) is 15.7 Å². The molecule has 2 rings (SSSR count). The molecule has 0 spiro atoms. The van der Waals surface area contributed by atoms with Gasteiger partial charge in [-0.3, -0.25) is 4.90 Å². The Labute approximate surface area is 126 Å². The summed E-state index contributed by atoms with van der Waals surface area (Å²) in [5, 5.41) is 12.2. The molecule has 20 heavy (non-hydrogen) atoms. The van der Waals surface area contributed by atoms with Crippen LogP contribution in [0.1, 0.15) is 11.4 Å². The lowest BCUT2D eigenvalue weighted by Crippen LogP contribution is -2.12. The Bertz CT molecular complexity index is 678. The van der Waals surface area contributed by atoms with Crippen LogP contribution in [-0.2, 0) is 0 Å². The standard InChI is InChI=1S/C14H14BrN5/c1-9-6-11(15)4-5-12(9)19-13-7-14(20(3)8-16)18-10(2)17-13/h4-7H,1-3H3,(H,17,18,19). The number of halogens is 1. The molecule has 0 fully saturated rings. The van der Waals surface area contributed by atoms with Gasteiger partial charge in [0.2, 0.25) is 0 Å². The van der Waals surface area contributed by atoms with E-state index < -0.39 is 0 Å². The summed E-state index contributed by atoms with van der Waals surface area (Å²) in [5.41, 5.74) is 2.07. The Morgan fingerprint density at radius 2 is 2.00 bits per heavy atom. The first kappa shape index (κ1) is 14.3. The molecule has 1 aromatic carbocycles. The van der Waals surface area contributed by atoms with Crippen LogP contribution in [0.25, 0.3) is 0 Å². The molecular formula is C14H14BrN5. The van der Waals surface area contributed by atoms with E-state index in [9.17, 15) is 0 Å². The van der Waals surface area contributed by atoms with E-state index in [2.05, 4.69) is 31.2 Å². The van der Waals surface area contributed by atoms with Gasteiger partial charge in [0, 0.05) is 23.3 Å². The minimum Gasteiger partial charge on any atom is -0.340 e. The minimum absolute atomic E-state index is 0.567. The molecule has 0 atom stereocenters. The van der Waals surface area contributed by atoms with Crippen molar-refractivity contribution < 1.29 is 0 Å². The van der Waals surface area contributed by atoms with Gasteiger partial charge in [-0.2, -0.15) is 5.26 Å². The highest BCUT2D eigenvalue weighted by Crippen LogP contribution is 2.24. The van der Waals surface area contributed by atoms with Gasteiger partial charge in [-0.15, -0.1) is 0 Å². The molecular weight excluding hydrogens is 318 g/mol. The van der Waals surface area contributed by atoms with E-state index in [1.54, 1.807) is 20.0 Å². The topological polar surface area (TPSA) is 64.8 Å². The van der Waals surface area contributed by atoms with Gasteiger partial charge in [0.15, 0.2) is 6.19 Å². The van der Waals surface area contributed by atoms with E-state index in [-0.39, 0.29) is 0 Å². The maximum Gasteiger partial charge on any atom is 0.185 e. The summed E-state index contributed by atoms with van der Waals surface area (Å²) in [6.45, 7) is 3.82. The molecule has 0 bridgehead atoms. The lowest BCUT2D eigenvalue weighted by molar-refractivity contribution is 1.02. The number of nitrogens with zero attached hydrogens (tertiary/aromatic N) is 4. The second-order valence-corrected chi connectivity index (χ2v) is 5.32. The molecule has 0 saturated heterocycles. The second-order valence-electron chi connectivity index (χ2n) is 4.40. The third-order valence-electron chi connectivity index (χ3n) is 2.77. The van der Waals surface area contributed by atoms with Gasteiger partial charge < -0.3 is 5.32 Å². The average Bonchev–Trinajstić information content (AvgIpc) is 2.40. The number of nitrogens with one attached hydrogen (secondary N) is 1. The number of rotatable bonds is 3. The molecule has 1 aromatic heterocycles. The van der Waals surface area contributed by atoms with Crippen LogP contribution in [0, 0.1) is 25.3 Å². The van der Waals surface area contributed by atoms with Crippen LogP contribution in [0.2, 0.25) is 0 Å². The fraction of sp³-hybridized carbons (Fsp3) is 0.214. The quantitative estimate of drug-likeness (QED) is 0.688. The van der Waals surface area contributed by atoms with Gasteiger partial charge in [-0.1, -0.05) is 15.9 Å². The Morgan fingerprint density at radius 1 is 1.25 bits per heavy atom. The SMILES string of the molecule is Cc1nc(Nc2ccc(Br)cc2C)cc(N(C)C#N)n1. The van der Waals surface area contributed by atoms with E-state index in [4.69, 9.17) is 5.26 Å². The first-order valence-electron chi connectivity index (χ1n) is 6.02. The molecule has 0 radical (unpaired) electrons. The lowest BCUT2D eigenvalue weighted by atomic mass is 10.2. The third kappa shape index (κ3) is 3.25. The molecule has 102 valence electrons. The Balaban J connectivity index is 2.34. The Hall–Kier alpha value is -2.13. The molecule has 0 aliphatic heterocycles. The molecule has 1 heterocycles. The largest absolute Gasteiger partial charge is 0.340 e. The maximum atomic E-state index is 8.92. The molecule has 0 saturated carbocycles. The van der Waals surface area contributed by atoms with E-state index in [1.165, 1.54) is 4.90 Å². The fourth-order valence-electron chi connectivity index (χ4n) is 1.74. The first-order valence-corrected chi connectivity index (χ1v) is 6.81. The number of hydrogen-bond donors (Lipinski definition) is 1. The summed E-state index contributed by atoms with van der Waals surface area (Å²) in [5.74, 6) is 1.85. The third-order valence-corrected chi connectivity index (χ3v) is 3.26. The van der Waals surface area contributed by atoms with Crippen molar-refractivity contribution in [3.63, 3.8) is 0 Å². The van der Waals surface area contributed by atoms with Gasteiger partial charge in [-0.05, 0) is 37.6 Å². The highest BCUT2D eigenvalue weighted by atomic mass is 79.9. The van der Waals surface area contributed by atoms with Gasteiger partial charge in [0.25, 0.3) is 0 Å². The number of nitriles is 1. The molecule has 6 heteroatoms. The highest BCUT2D eigenvalue weighted by molar-refractivity contribution is 9.10.